The summed E-state index contributed by atoms with van der Waals surface area (Å²) < 4.78 is 7.01. The summed E-state index contributed by atoms with van der Waals surface area (Å²) in [5, 5.41) is 0. The maximum absolute atomic E-state index is 11.6. The lowest BCUT2D eigenvalue weighted by atomic mass is 10.2. The van der Waals surface area contributed by atoms with Crippen molar-refractivity contribution in [2.45, 2.75) is 25.2 Å². The zero-order chi connectivity index (χ0) is 13.0. The number of carbonyl (C=O) groups is 1. The summed E-state index contributed by atoms with van der Waals surface area (Å²) in [4.78, 5) is 30.1. The third-order valence-corrected chi connectivity index (χ3v) is 2.65. The molecule has 2 heterocycles. The van der Waals surface area contributed by atoms with Crippen LogP contribution in [0.15, 0.2) is 17.1 Å². The first kappa shape index (κ1) is 12.5. The van der Waals surface area contributed by atoms with Gasteiger partial charge in [-0.15, -0.1) is 0 Å². The smallest absolute Gasteiger partial charge is 0.351 e. The van der Waals surface area contributed by atoms with Crippen LogP contribution >= 0.6 is 0 Å². The molecule has 1 aliphatic rings. The lowest BCUT2D eigenvalue weighted by Crippen LogP contribution is -2.28. The fraction of sp³-hybridized carbons (Fsp3) is 0.500. The largest absolute Gasteiger partial charge is 0.383 e. The Morgan fingerprint density at radius 3 is 3.22 bits per heavy atom. The van der Waals surface area contributed by atoms with Gasteiger partial charge in [0.15, 0.2) is 0 Å². The summed E-state index contributed by atoms with van der Waals surface area (Å²) in [6, 6.07) is 1.54. The highest BCUT2D eigenvalue weighted by Crippen LogP contribution is 2.26. The van der Waals surface area contributed by atoms with Gasteiger partial charge in [0.05, 0.1) is 6.10 Å². The molecule has 8 nitrogen and oxygen atoms in total. The van der Waals surface area contributed by atoms with E-state index in [1.54, 1.807) is 12.3 Å². The monoisotopic (exact) mass is 254 g/mol. The molecule has 0 aliphatic carbocycles. The Morgan fingerprint density at radius 2 is 2.50 bits per heavy atom. The highest BCUT2D eigenvalue weighted by atomic mass is 16.7. The number of amides is 1. The Kier molecular flexibility index (Phi) is 3.90. The van der Waals surface area contributed by atoms with Gasteiger partial charge in [-0.05, 0) is 18.9 Å². The predicted octanol–water partition coefficient (Wildman–Crippen LogP) is -0.819. The van der Waals surface area contributed by atoms with Gasteiger partial charge in [-0.1, -0.05) is 0 Å². The van der Waals surface area contributed by atoms with Gasteiger partial charge in [0.2, 0.25) is 6.41 Å². The average Bonchev–Trinajstić information content (AvgIpc) is 2.78. The molecular weight excluding hydrogens is 240 g/mol. The Morgan fingerprint density at radius 1 is 1.67 bits per heavy atom. The first-order valence-corrected chi connectivity index (χ1v) is 5.52. The molecule has 1 saturated heterocycles. The minimum absolute atomic E-state index is 0.160. The summed E-state index contributed by atoms with van der Waals surface area (Å²) in [5.74, 6) is 0.185. The van der Waals surface area contributed by atoms with E-state index in [0.717, 1.165) is 6.42 Å². The molecule has 1 aromatic heterocycles. The van der Waals surface area contributed by atoms with Crippen molar-refractivity contribution in [1.82, 2.24) is 15.0 Å². The van der Waals surface area contributed by atoms with E-state index < -0.39 is 5.69 Å². The predicted molar refractivity (Wildman–Crippen MR) is 61.2 cm³/mol. The molecule has 0 spiro atoms. The highest BCUT2D eigenvalue weighted by molar-refractivity contribution is 5.43. The van der Waals surface area contributed by atoms with Gasteiger partial charge in [0, 0.05) is 6.20 Å². The van der Waals surface area contributed by atoms with Crippen LogP contribution in [0.1, 0.15) is 19.1 Å². The van der Waals surface area contributed by atoms with E-state index in [-0.39, 0.29) is 24.8 Å². The summed E-state index contributed by atoms with van der Waals surface area (Å²) in [6.07, 6.45) is 2.90. The summed E-state index contributed by atoms with van der Waals surface area (Å²) in [7, 11) is 0. The summed E-state index contributed by atoms with van der Waals surface area (Å²) >= 11 is 0. The second-order valence-corrected chi connectivity index (χ2v) is 3.88. The number of ether oxygens (including phenoxy) is 1. The minimum Gasteiger partial charge on any atom is -0.383 e. The Labute approximate surface area is 103 Å². The first-order valence-electron chi connectivity index (χ1n) is 5.52. The molecule has 2 atom stereocenters. The number of anilines is 1. The van der Waals surface area contributed by atoms with Crippen molar-refractivity contribution in [2.24, 2.45) is 0 Å². The third kappa shape index (κ3) is 2.84. The van der Waals surface area contributed by atoms with E-state index in [4.69, 9.17) is 15.3 Å². The van der Waals surface area contributed by atoms with E-state index in [9.17, 15) is 9.59 Å². The molecule has 1 fully saturated rings. The molecule has 18 heavy (non-hydrogen) atoms. The zero-order valence-corrected chi connectivity index (χ0v) is 9.61. The molecular formula is C10H14N4O4. The number of carbonyl (C=O) groups excluding carboxylic acids is 1. The van der Waals surface area contributed by atoms with Crippen molar-refractivity contribution in [3.8, 4) is 0 Å². The van der Waals surface area contributed by atoms with Crippen LogP contribution < -0.4 is 16.9 Å². The Bertz CT molecular complexity index is 475. The lowest BCUT2D eigenvalue weighted by Gasteiger charge is -2.15. The molecule has 0 aromatic carbocycles. The summed E-state index contributed by atoms with van der Waals surface area (Å²) in [5.41, 5.74) is 7.06. The topological polar surface area (TPSA) is 108 Å². The Balaban J connectivity index is 1.95. The molecule has 0 saturated carbocycles. The molecule has 0 bridgehead atoms. The van der Waals surface area contributed by atoms with Crippen molar-refractivity contribution < 1.29 is 14.4 Å². The lowest BCUT2D eigenvalue weighted by molar-refractivity contribution is -0.125. The van der Waals surface area contributed by atoms with Gasteiger partial charge in [0.1, 0.15) is 18.7 Å². The molecule has 1 aromatic rings. The molecule has 0 radical (unpaired) electrons. The second-order valence-electron chi connectivity index (χ2n) is 3.88. The van der Waals surface area contributed by atoms with Crippen molar-refractivity contribution in [1.29, 1.82) is 0 Å². The van der Waals surface area contributed by atoms with E-state index in [0.29, 0.717) is 12.8 Å². The van der Waals surface area contributed by atoms with Crippen LogP contribution in [0, 0.1) is 0 Å². The molecule has 0 unspecified atom stereocenters. The number of hydrogen-bond donors (Lipinski definition) is 2. The van der Waals surface area contributed by atoms with Crippen LogP contribution in [0.4, 0.5) is 5.82 Å². The normalized spacial score (nSPS) is 22.9. The maximum Gasteiger partial charge on any atom is 0.351 e. The van der Waals surface area contributed by atoms with Crippen LogP contribution in [0.2, 0.25) is 0 Å². The quantitative estimate of drug-likeness (QED) is 0.404. The second kappa shape index (κ2) is 5.61. The molecule has 2 rings (SSSR count). The van der Waals surface area contributed by atoms with Crippen LogP contribution in [0.25, 0.3) is 0 Å². The van der Waals surface area contributed by atoms with Crippen molar-refractivity contribution >= 4 is 12.2 Å². The number of rotatable bonds is 5. The average molecular weight is 254 g/mol. The van der Waals surface area contributed by atoms with Crippen molar-refractivity contribution in [2.75, 3.05) is 12.3 Å². The maximum atomic E-state index is 11.6. The molecule has 1 amide bonds. The number of hydroxylamine groups is 1. The molecule has 3 N–H and O–H groups in total. The molecule has 1 aliphatic heterocycles. The first-order chi connectivity index (χ1) is 8.70. The van der Waals surface area contributed by atoms with Crippen LogP contribution in [0.3, 0.4) is 0 Å². The van der Waals surface area contributed by atoms with E-state index >= 15 is 0 Å². The molecule has 8 heteroatoms. The van der Waals surface area contributed by atoms with Crippen molar-refractivity contribution in [3.63, 3.8) is 0 Å². The third-order valence-electron chi connectivity index (χ3n) is 2.65. The van der Waals surface area contributed by atoms with Crippen LogP contribution in [-0.4, -0.2) is 28.7 Å². The van der Waals surface area contributed by atoms with Crippen LogP contribution in [-0.2, 0) is 14.4 Å². The van der Waals surface area contributed by atoms with Crippen LogP contribution in [0.5, 0.6) is 0 Å². The number of nitrogens with zero attached hydrogens (tertiary/aromatic N) is 2. The van der Waals surface area contributed by atoms with Gasteiger partial charge in [0.25, 0.3) is 0 Å². The zero-order valence-electron chi connectivity index (χ0n) is 9.61. The standard InChI is InChI=1S/C10H14N4O4/c11-8-3-4-14(10(16)13-8)9-2-1-7(18-9)5-17-12-6-15/h3-4,6-7,9H,1-2,5H2,(H,12,15)(H2,11,13,16)/t7-,9+/m0/s1. The minimum atomic E-state index is -0.437. The van der Waals surface area contributed by atoms with Gasteiger partial charge < -0.3 is 10.5 Å². The van der Waals surface area contributed by atoms with E-state index in [2.05, 4.69) is 10.5 Å². The Hall–Kier alpha value is -1.93. The van der Waals surface area contributed by atoms with Gasteiger partial charge in [-0.2, -0.15) is 4.98 Å². The number of nitrogens with one attached hydrogen (secondary N) is 1. The highest BCUT2D eigenvalue weighted by Gasteiger charge is 2.27. The molecule has 98 valence electrons. The van der Waals surface area contributed by atoms with Gasteiger partial charge >= 0.3 is 5.69 Å². The fourth-order valence-electron chi connectivity index (χ4n) is 1.83. The van der Waals surface area contributed by atoms with Crippen molar-refractivity contribution in [3.05, 3.63) is 22.7 Å². The number of nitrogens with two attached hydrogens (primary N) is 1. The fourth-order valence-corrected chi connectivity index (χ4v) is 1.83. The van der Waals surface area contributed by atoms with Gasteiger partial charge in [-0.3, -0.25) is 14.2 Å². The number of hydrogen-bond acceptors (Lipinski definition) is 6. The van der Waals surface area contributed by atoms with E-state index in [1.165, 1.54) is 4.57 Å². The summed E-state index contributed by atoms with van der Waals surface area (Å²) in [6.45, 7) is 0.242. The number of nitrogen functional groups attached to an aromatic ring is 1. The number of aromatic nitrogens is 2. The van der Waals surface area contributed by atoms with E-state index in [1.807, 2.05) is 0 Å². The van der Waals surface area contributed by atoms with Gasteiger partial charge in [-0.25, -0.2) is 10.3 Å². The SMILES string of the molecule is Nc1ccn([C@H]2CC[C@@H](CONC=O)O2)c(=O)n1.